The van der Waals surface area contributed by atoms with Gasteiger partial charge in [-0.25, -0.2) is 9.37 Å². The summed E-state index contributed by atoms with van der Waals surface area (Å²) in [6, 6.07) is 0. The van der Waals surface area contributed by atoms with Crippen LogP contribution in [0.4, 0.5) is 4.39 Å². The van der Waals surface area contributed by atoms with Crippen LogP contribution in [-0.4, -0.2) is 4.98 Å². The van der Waals surface area contributed by atoms with Crippen molar-refractivity contribution in [2.45, 2.75) is 13.2 Å². The predicted molar refractivity (Wildman–Crippen MR) is 34.8 cm³/mol. The molecule has 1 rings (SSSR count). The Hall–Kier alpha value is -0.480. The zero-order chi connectivity index (χ0) is 6.69. The zero-order valence-corrected chi connectivity index (χ0v) is 5.62. The quantitative estimate of drug-likeness (QED) is 0.677. The van der Waals surface area contributed by atoms with Crippen LogP contribution in [0.25, 0.3) is 0 Å². The van der Waals surface area contributed by atoms with Crippen molar-refractivity contribution in [3.63, 3.8) is 0 Å². The fourth-order valence-corrected chi connectivity index (χ4v) is 1.16. The standard InChI is InChI=1S/C5H7FN2S/c6-1-4-3-9-5(2-7)8-4/h3H,1-2,7H2. The molecule has 1 aromatic heterocycles. The summed E-state index contributed by atoms with van der Waals surface area (Å²) in [5.74, 6) is 0. The van der Waals surface area contributed by atoms with Crippen LogP contribution in [0.1, 0.15) is 10.7 Å². The van der Waals surface area contributed by atoms with Gasteiger partial charge in [0.05, 0.1) is 5.69 Å². The average molecular weight is 146 g/mol. The van der Waals surface area contributed by atoms with Crippen molar-refractivity contribution < 1.29 is 4.39 Å². The molecule has 0 amide bonds. The highest BCUT2D eigenvalue weighted by atomic mass is 32.1. The monoisotopic (exact) mass is 146 g/mol. The Balaban J connectivity index is 2.74. The van der Waals surface area contributed by atoms with E-state index in [1.165, 1.54) is 11.3 Å². The van der Waals surface area contributed by atoms with Crippen LogP contribution in [-0.2, 0) is 13.2 Å². The molecule has 0 aliphatic heterocycles. The first-order chi connectivity index (χ1) is 4.36. The van der Waals surface area contributed by atoms with Gasteiger partial charge in [0.15, 0.2) is 0 Å². The second kappa shape index (κ2) is 2.89. The van der Waals surface area contributed by atoms with Gasteiger partial charge in [0.2, 0.25) is 0 Å². The fraction of sp³-hybridized carbons (Fsp3) is 0.400. The SMILES string of the molecule is NCc1nc(CF)cs1. The zero-order valence-electron chi connectivity index (χ0n) is 4.80. The molecule has 1 heterocycles. The molecule has 0 saturated heterocycles. The number of hydrogen-bond acceptors (Lipinski definition) is 3. The Morgan fingerprint density at radius 2 is 2.56 bits per heavy atom. The number of rotatable bonds is 2. The summed E-state index contributed by atoms with van der Waals surface area (Å²) in [4.78, 5) is 3.87. The molecule has 0 fully saturated rings. The molecule has 0 radical (unpaired) electrons. The van der Waals surface area contributed by atoms with E-state index >= 15 is 0 Å². The van der Waals surface area contributed by atoms with Crippen molar-refractivity contribution in [1.29, 1.82) is 0 Å². The molecule has 0 spiro atoms. The molecule has 0 aliphatic rings. The van der Waals surface area contributed by atoms with E-state index in [4.69, 9.17) is 5.73 Å². The number of halogens is 1. The van der Waals surface area contributed by atoms with Gasteiger partial charge in [-0.15, -0.1) is 11.3 Å². The molecule has 50 valence electrons. The summed E-state index contributed by atoms with van der Waals surface area (Å²) >= 11 is 1.40. The normalized spacial score (nSPS) is 10.0. The average Bonchev–Trinajstić information content (AvgIpc) is 2.34. The largest absolute Gasteiger partial charge is 0.325 e. The Morgan fingerprint density at radius 3 is 2.89 bits per heavy atom. The van der Waals surface area contributed by atoms with Crippen LogP contribution in [0, 0.1) is 0 Å². The Kier molecular flexibility index (Phi) is 2.13. The van der Waals surface area contributed by atoms with Gasteiger partial charge in [0, 0.05) is 11.9 Å². The number of aromatic nitrogens is 1. The van der Waals surface area contributed by atoms with Gasteiger partial charge in [-0.3, -0.25) is 0 Å². The predicted octanol–water partition coefficient (Wildman–Crippen LogP) is 1.07. The van der Waals surface area contributed by atoms with E-state index in [1.54, 1.807) is 5.38 Å². The summed E-state index contributed by atoms with van der Waals surface area (Å²) in [6.45, 7) is -0.0822. The molecule has 1 aromatic rings. The van der Waals surface area contributed by atoms with Gasteiger partial charge in [-0.1, -0.05) is 0 Å². The fourth-order valence-electron chi connectivity index (χ4n) is 0.504. The molecule has 0 atom stereocenters. The van der Waals surface area contributed by atoms with E-state index in [0.717, 1.165) is 5.01 Å². The highest BCUT2D eigenvalue weighted by Crippen LogP contribution is 2.08. The van der Waals surface area contributed by atoms with Crippen molar-refractivity contribution in [2.75, 3.05) is 0 Å². The molecule has 2 N–H and O–H groups in total. The molecule has 4 heteroatoms. The Bertz CT molecular complexity index is 168. The van der Waals surface area contributed by atoms with Crippen LogP contribution < -0.4 is 5.73 Å². The van der Waals surface area contributed by atoms with E-state index in [1.807, 2.05) is 0 Å². The Morgan fingerprint density at radius 1 is 1.78 bits per heavy atom. The number of hydrogen-bond donors (Lipinski definition) is 1. The molecule has 0 bridgehead atoms. The van der Waals surface area contributed by atoms with Crippen LogP contribution >= 0.6 is 11.3 Å². The molecular weight excluding hydrogens is 139 g/mol. The number of alkyl halides is 1. The maximum Gasteiger partial charge on any atom is 0.132 e. The number of thiazole rings is 1. The topological polar surface area (TPSA) is 38.9 Å². The van der Waals surface area contributed by atoms with Crippen LogP contribution in [0.3, 0.4) is 0 Å². The third kappa shape index (κ3) is 1.46. The van der Waals surface area contributed by atoms with Crippen LogP contribution in [0.2, 0.25) is 0 Å². The molecule has 0 aromatic carbocycles. The molecule has 9 heavy (non-hydrogen) atoms. The molecule has 0 unspecified atom stereocenters. The minimum atomic E-state index is -0.490. The van der Waals surface area contributed by atoms with E-state index in [2.05, 4.69) is 4.98 Å². The number of nitrogens with two attached hydrogens (primary N) is 1. The highest BCUT2D eigenvalue weighted by molar-refractivity contribution is 7.09. The molecular formula is C5H7FN2S. The number of nitrogens with zero attached hydrogens (tertiary/aromatic N) is 1. The van der Waals surface area contributed by atoms with Gasteiger partial charge >= 0.3 is 0 Å². The van der Waals surface area contributed by atoms with Crippen LogP contribution in [0.15, 0.2) is 5.38 Å². The third-order valence-corrected chi connectivity index (χ3v) is 1.83. The first-order valence-corrected chi connectivity index (χ1v) is 3.44. The van der Waals surface area contributed by atoms with E-state index < -0.39 is 6.67 Å². The van der Waals surface area contributed by atoms with Gasteiger partial charge < -0.3 is 5.73 Å². The van der Waals surface area contributed by atoms with Gasteiger partial charge in [0.25, 0.3) is 0 Å². The lowest BCUT2D eigenvalue weighted by atomic mass is 10.5. The second-order valence-corrected chi connectivity index (χ2v) is 2.51. The van der Waals surface area contributed by atoms with Crippen molar-refractivity contribution in [1.82, 2.24) is 4.98 Å². The minimum absolute atomic E-state index is 0.407. The summed E-state index contributed by atoms with van der Waals surface area (Å²) in [5, 5.41) is 2.48. The maximum atomic E-state index is 11.8. The molecule has 2 nitrogen and oxygen atoms in total. The summed E-state index contributed by atoms with van der Waals surface area (Å²) < 4.78 is 11.8. The van der Waals surface area contributed by atoms with Crippen molar-refractivity contribution in [3.8, 4) is 0 Å². The summed E-state index contributed by atoms with van der Waals surface area (Å²) in [5.41, 5.74) is 5.73. The van der Waals surface area contributed by atoms with Crippen molar-refractivity contribution >= 4 is 11.3 Å². The lowest BCUT2D eigenvalue weighted by Crippen LogP contribution is -1.94. The van der Waals surface area contributed by atoms with Gasteiger partial charge in [0.1, 0.15) is 11.7 Å². The summed E-state index contributed by atoms with van der Waals surface area (Å²) in [6.07, 6.45) is 0. The smallest absolute Gasteiger partial charge is 0.132 e. The molecule has 0 aliphatic carbocycles. The van der Waals surface area contributed by atoms with Gasteiger partial charge in [-0.05, 0) is 0 Å². The lowest BCUT2D eigenvalue weighted by molar-refractivity contribution is 0.477. The Labute approximate surface area is 56.5 Å². The minimum Gasteiger partial charge on any atom is -0.325 e. The van der Waals surface area contributed by atoms with E-state index in [9.17, 15) is 4.39 Å². The van der Waals surface area contributed by atoms with Crippen molar-refractivity contribution in [2.24, 2.45) is 5.73 Å². The highest BCUT2D eigenvalue weighted by Gasteiger charge is 1.97. The first-order valence-electron chi connectivity index (χ1n) is 2.56. The second-order valence-electron chi connectivity index (χ2n) is 1.57. The van der Waals surface area contributed by atoms with Crippen molar-refractivity contribution in [3.05, 3.63) is 16.1 Å². The maximum absolute atomic E-state index is 11.8. The van der Waals surface area contributed by atoms with E-state index in [0.29, 0.717) is 12.2 Å². The van der Waals surface area contributed by atoms with Gasteiger partial charge in [-0.2, -0.15) is 0 Å². The van der Waals surface area contributed by atoms with E-state index in [-0.39, 0.29) is 0 Å². The van der Waals surface area contributed by atoms with Crippen LogP contribution in [0.5, 0.6) is 0 Å². The lowest BCUT2D eigenvalue weighted by Gasteiger charge is -1.82. The first kappa shape index (κ1) is 6.64. The third-order valence-electron chi connectivity index (χ3n) is 0.911. The molecule has 0 saturated carbocycles. The summed E-state index contributed by atoms with van der Waals surface area (Å²) in [7, 11) is 0.